The van der Waals surface area contributed by atoms with E-state index in [9.17, 15) is 0 Å². The monoisotopic (exact) mass is 212 g/mol. The molecule has 2 aliphatic heterocycles. The van der Waals surface area contributed by atoms with Gasteiger partial charge in [-0.3, -0.25) is 0 Å². The van der Waals surface area contributed by atoms with Gasteiger partial charge >= 0.3 is 0 Å². The van der Waals surface area contributed by atoms with E-state index in [1.54, 1.807) is 7.11 Å². The van der Waals surface area contributed by atoms with E-state index in [-0.39, 0.29) is 0 Å². The standard InChI is InChI=1S/C12H24N2O/c1-15-9-3-6-13-11-5-8-14-7-2-4-12(14)10-11/h11-13H,2-10H2,1H3. The number of fused-ring (bicyclic) bond motifs is 1. The molecule has 2 saturated heterocycles. The Balaban J connectivity index is 1.62. The highest BCUT2D eigenvalue weighted by molar-refractivity contribution is 4.88. The maximum Gasteiger partial charge on any atom is 0.0474 e. The summed E-state index contributed by atoms with van der Waals surface area (Å²) in [5, 5.41) is 3.66. The van der Waals surface area contributed by atoms with Crippen molar-refractivity contribution in [2.24, 2.45) is 0 Å². The molecule has 0 amide bonds. The zero-order valence-electron chi connectivity index (χ0n) is 9.87. The largest absolute Gasteiger partial charge is 0.385 e. The van der Waals surface area contributed by atoms with E-state index < -0.39 is 0 Å². The van der Waals surface area contributed by atoms with Crippen molar-refractivity contribution in [3.8, 4) is 0 Å². The molecule has 0 aromatic heterocycles. The van der Waals surface area contributed by atoms with Crippen LogP contribution in [-0.4, -0.2) is 50.3 Å². The molecule has 88 valence electrons. The van der Waals surface area contributed by atoms with Crippen molar-refractivity contribution < 1.29 is 4.74 Å². The van der Waals surface area contributed by atoms with Crippen LogP contribution in [0.5, 0.6) is 0 Å². The van der Waals surface area contributed by atoms with Crippen molar-refractivity contribution in [1.82, 2.24) is 10.2 Å². The molecule has 3 nitrogen and oxygen atoms in total. The zero-order chi connectivity index (χ0) is 10.5. The fourth-order valence-electron chi connectivity index (χ4n) is 2.93. The first-order chi connectivity index (χ1) is 7.40. The van der Waals surface area contributed by atoms with Gasteiger partial charge in [0, 0.05) is 25.8 Å². The molecule has 2 aliphatic rings. The molecule has 0 spiro atoms. The van der Waals surface area contributed by atoms with Crippen molar-refractivity contribution >= 4 is 0 Å². The average molecular weight is 212 g/mol. The average Bonchev–Trinajstić information content (AvgIpc) is 2.71. The Bertz CT molecular complexity index is 186. The van der Waals surface area contributed by atoms with Crippen molar-refractivity contribution in [2.75, 3.05) is 33.4 Å². The van der Waals surface area contributed by atoms with Crippen LogP contribution in [0.25, 0.3) is 0 Å². The minimum Gasteiger partial charge on any atom is -0.385 e. The first-order valence-electron chi connectivity index (χ1n) is 6.36. The minimum atomic E-state index is 0.765. The van der Waals surface area contributed by atoms with Gasteiger partial charge < -0.3 is 15.0 Å². The van der Waals surface area contributed by atoms with Crippen LogP contribution >= 0.6 is 0 Å². The van der Waals surface area contributed by atoms with Crippen LogP contribution < -0.4 is 5.32 Å². The molecule has 1 N–H and O–H groups in total. The van der Waals surface area contributed by atoms with Crippen LogP contribution in [0, 0.1) is 0 Å². The summed E-state index contributed by atoms with van der Waals surface area (Å²) in [6, 6.07) is 1.65. The number of piperidine rings is 1. The smallest absolute Gasteiger partial charge is 0.0474 e. The minimum absolute atomic E-state index is 0.765. The Morgan fingerprint density at radius 2 is 2.27 bits per heavy atom. The van der Waals surface area contributed by atoms with Gasteiger partial charge in [0.15, 0.2) is 0 Å². The number of hydrogen-bond donors (Lipinski definition) is 1. The Labute approximate surface area is 93.2 Å². The lowest BCUT2D eigenvalue weighted by Crippen LogP contribution is -2.45. The third-order valence-electron chi connectivity index (χ3n) is 3.78. The summed E-state index contributed by atoms with van der Waals surface area (Å²) in [6.07, 6.45) is 6.69. The van der Waals surface area contributed by atoms with Gasteiger partial charge in [0.25, 0.3) is 0 Å². The Morgan fingerprint density at radius 1 is 1.33 bits per heavy atom. The van der Waals surface area contributed by atoms with Crippen LogP contribution in [0.2, 0.25) is 0 Å². The van der Waals surface area contributed by atoms with Crippen molar-refractivity contribution in [3.05, 3.63) is 0 Å². The van der Waals surface area contributed by atoms with Gasteiger partial charge in [-0.1, -0.05) is 0 Å². The molecule has 2 rings (SSSR count). The zero-order valence-corrected chi connectivity index (χ0v) is 9.87. The lowest BCUT2D eigenvalue weighted by molar-refractivity contribution is 0.161. The molecule has 2 heterocycles. The quantitative estimate of drug-likeness (QED) is 0.694. The second-order valence-corrected chi connectivity index (χ2v) is 4.85. The van der Waals surface area contributed by atoms with Crippen LogP contribution in [0.3, 0.4) is 0 Å². The van der Waals surface area contributed by atoms with Gasteiger partial charge in [-0.05, 0) is 51.7 Å². The number of rotatable bonds is 5. The Morgan fingerprint density at radius 3 is 3.13 bits per heavy atom. The molecule has 0 aromatic rings. The third kappa shape index (κ3) is 3.16. The van der Waals surface area contributed by atoms with E-state index in [4.69, 9.17) is 4.74 Å². The molecule has 2 fully saturated rings. The fraction of sp³-hybridized carbons (Fsp3) is 1.00. The highest BCUT2D eigenvalue weighted by Crippen LogP contribution is 2.26. The van der Waals surface area contributed by atoms with E-state index in [2.05, 4.69) is 10.2 Å². The van der Waals surface area contributed by atoms with E-state index >= 15 is 0 Å². The van der Waals surface area contributed by atoms with Gasteiger partial charge in [-0.2, -0.15) is 0 Å². The van der Waals surface area contributed by atoms with Gasteiger partial charge in [0.2, 0.25) is 0 Å². The topological polar surface area (TPSA) is 24.5 Å². The van der Waals surface area contributed by atoms with Crippen LogP contribution in [0.4, 0.5) is 0 Å². The van der Waals surface area contributed by atoms with Crippen molar-refractivity contribution in [1.29, 1.82) is 0 Å². The first-order valence-corrected chi connectivity index (χ1v) is 6.36. The third-order valence-corrected chi connectivity index (χ3v) is 3.78. The molecule has 0 bridgehead atoms. The van der Waals surface area contributed by atoms with Crippen molar-refractivity contribution in [3.63, 3.8) is 0 Å². The number of ether oxygens (including phenoxy) is 1. The molecule has 2 atom stereocenters. The summed E-state index contributed by atoms with van der Waals surface area (Å²) >= 11 is 0. The molecule has 2 unspecified atom stereocenters. The summed E-state index contributed by atoms with van der Waals surface area (Å²) in [7, 11) is 1.77. The van der Waals surface area contributed by atoms with E-state index in [1.165, 1.54) is 38.8 Å². The van der Waals surface area contributed by atoms with E-state index in [0.717, 1.165) is 31.7 Å². The van der Waals surface area contributed by atoms with E-state index in [1.807, 2.05) is 0 Å². The summed E-state index contributed by atoms with van der Waals surface area (Å²) in [4.78, 5) is 2.67. The number of methoxy groups -OCH3 is 1. The molecule has 0 aromatic carbocycles. The summed E-state index contributed by atoms with van der Waals surface area (Å²) in [6.45, 7) is 4.66. The van der Waals surface area contributed by atoms with E-state index in [0.29, 0.717) is 0 Å². The van der Waals surface area contributed by atoms with Gasteiger partial charge in [0.1, 0.15) is 0 Å². The SMILES string of the molecule is COCCCNC1CCN2CCCC2C1. The number of nitrogens with zero attached hydrogens (tertiary/aromatic N) is 1. The van der Waals surface area contributed by atoms with Crippen LogP contribution in [-0.2, 0) is 4.74 Å². The summed E-state index contributed by atoms with van der Waals surface area (Å²) < 4.78 is 5.05. The second kappa shape index (κ2) is 5.83. The van der Waals surface area contributed by atoms with Gasteiger partial charge in [-0.15, -0.1) is 0 Å². The molecule has 0 radical (unpaired) electrons. The first kappa shape index (κ1) is 11.4. The van der Waals surface area contributed by atoms with Crippen LogP contribution in [0.1, 0.15) is 32.1 Å². The predicted molar refractivity (Wildman–Crippen MR) is 62.1 cm³/mol. The molecule has 0 aliphatic carbocycles. The summed E-state index contributed by atoms with van der Waals surface area (Å²) in [5.41, 5.74) is 0. The molecule has 3 heteroatoms. The number of hydrogen-bond acceptors (Lipinski definition) is 3. The molecule has 0 saturated carbocycles. The second-order valence-electron chi connectivity index (χ2n) is 4.85. The molecular weight excluding hydrogens is 188 g/mol. The fourth-order valence-corrected chi connectivity index (χ4v) is 2.93. The Kier molecular flexibility index (Phi) is 4.42. The molecular formula is C12H24N2O. The highest BCUT2D eigenvalue weighted by atomic mass is 16.5. The highest BCUT2D eigenvalue weighted by Gasteiger charge is 2.31. The Hall–Kier alpha value is -0.120. The number of nitrogens with one attached hydrogen (secondary N) is 1. The lowest BCUT2D eigenvalue weighted by Gasteiger charge is -2.35. The maximum atomic E-state index is 5.05. The van der Waals surface area contributed by atoms with Crippen molar-refractivity contribution in [2.45, 2.75) is 44.2 Å². The lowest BCUT2D eigenvalue weighted by atomic mass is 9.97. The normalized spacial score (nSPS) is 31.8. The van der Waals surface area contributed by atoms with Gasteiger partial charge in [0.05, 0.1) is 0 Å². The molecule has 15 heavy (non-hydrogen) atoms. The summed E-state index contributed by atoms with van der Waals surface area (Å²) in [5.74, 6) is 0. The van der Waals surface area contributed by atoms with Crippen LogP contribution in [0.15, 0.2) is 0 Å². The maximum absolute atomic E-state index is 5.05. The predicted octanol–water partition coefficient (Wildman–Crippen LogP) is 1.24. The van der Waals surface area contributed by atoms with Gasteiger partial charge in [-0.25, -0.2) is 0 Å².